The maximum atomic E-state index is 12.0. The Balaban J connectivity index is 1.92. The van der Waals surface area contributed by atoms with Crippen LogP contribution in [-0.4, -0.2) is 20.6 Å². The topological polar surface area (TPSA) is 79.8 Å². The Labute approximate surface area is 143 Å². The molecule has 3 rings (SSSR count). The predicted octanol–water partition coefficient (Wildman–Crippen LogP) is 4.29. The first-order chi connectivity index (χ1) is 11.5. The number of aryl methyl sites for hydroxylation is 3. The number of carbonyl (C=O) groups excluding carboxylic acids is 1. The van der Waals surface area contributed by atoms with Crippen LogP contribution in [0.2, 0.25) is 0 Å². The van der Waals surface area contributed by atoms with Crippen LogP contribution in [0.3, 0.4) is 0 Å². The Morgan fingerprint density at radius 3 is 2.83 bits per heavy atom. The first kappa shape index (κ1) is 16.3. The van der Waals surface area contributed by atoms with E-state index in [1.165, 1.54) is 11.3 Å². The number of nitrogens with zero attached hydrogens (tertiary/aromatic N) is 4. The van der Waals surface area contributed by atoms with Crippen LogP contribution in [0.25, 0.3) is 10.9 Å². The van der Waals surface area contributed by atoms with E-state index in [-0.39, 0.29) is 18.2 Å². The summed E-state index contributed by atoms with van der Waals surface area (Å²) in [5, 5.41) is 21.6. The minimum atomic E-state index is -0.381. The quantitative estimate of drug-likeness (QED) is 0.718. The summed E-state index contributed by atoms with van der Waals surface area (Å²) in [6.07, 6.45) is 0.119. The zero-order valence-electron chi connectivity index (χ0n) is 13.8. The van der Waals surface area contributed by atoms with E-state index in [0.29, 0.717) is 17.2 Å². The van der Waals surface area contributed by atoms with Crippen molar-refractivity contribution in [2.24, 2.45) is 10.2 Å². The first-order valence-electron chi connectivity index (χ1n) is 7.67. The fourth-order valence-corrected chi connectivity index (χ4v) is 3.37. The van der Waals surface area contributed by atoms with Crippen molar-refractivity contribution >= 4 is 33.8 Å². The van der Waals surface area contributed by atoms with Crippen LogP contribution >= 0.6 is 11.3 Å². The number of aromatic nitrogens is 2. The lowest BCUT2D eigenvalue weighted by molar-refractivity contribution is -0.117. The van der Waals surface area contributed by atoms with Gasteiger partial charge in [0, 0.05) is 23.0 Å². The number of fused-ring (bicyclic) bond motifs is 1. The van der Waals surface area contributed by atoms with E-state index in [1.807, 2.05) is 44.4 Å². The highest BCUT2D eigenvalue weighted by atomic mass is 32.1. The lowest BCUT2D eigenvalue weighted by Gasteiger charge is -2.01. The summed E-state index contributed by atoms with van der Waals surface area (Å²) in [6.45, 7) is 6.39. The number of benzene rings is 1. The molecule has 2 aromatic heterocycles. The number of amides is 1. The average molecular weight is 342 g/mol. The van der Waals surface area contributed by atoms with Crippen LogP contribution < -0.4 is 0 Å². The molecule has 24 heavy (non-hydrogen) atoms. The molecule has 0 aliphatic heterocycles. The van der Waals surface area contributed by atoms with Gasteiger partial charge in [0.1, 0.15) is 5.01 Å². The molecule has 0 saturated carbocycles. The van der Waals surface area contributed by atoms with E-state index in [9.17, 15) is 9.90 Å². The van der Waals surface area contributed by atoms with Gasteiger partial charge in [-0.15, -0.1) is 21.6 Å². The molecule has 0 bridgehead atoms. The number of azo groups is 1. The van der Waals surface area contributed by atoms with Crippen LogP contribution in [0.5, 0.6) is 5.88 Å². The molecule has 1 aromatic carbocycles. The Kier molecular flexibility index (Phi) is 4.44. The maximum absolute atomic E-state index is 12.0. The Morgan fingerprint density at radius 1 is 1.38 bits per heavy atom. The van der Waals surface area contributed by atoms with Crippen molar-refractivity contribution in [3.05, 3.63) is 39.8 Å². The summed E-state index contributed by atoms with van der Waals surface area (Å²) in [5.41, 5.74) is 3.15. The van der Waals surface area contributed by atoms with Gasteiger partial charge in [0.25, 0.3) is 5.91 Å². The van der Waals surface area contributed by atoms with Crippen molar-refractivity contribution in [1.29, 1.82) is 0 Å². The summed E-state index contributed by atoms with van der Waals surface area (Å²) >= 11 is 1.43. The van der Waals surface area contributed by atoms with Gasteiger partial charge in [-0.3, -0.25) is 4.79 Å². The van der Waals surface area contributed by atoms with E-state index in [4.69, 9.17) is 0 Å². The summed E-state index contributed by atoms with van der Waals surface area (Å²) in [7, 11) is 0. The van der Waals surface area contributed by atoms with E-state index in [1.54, 1.807) is 4.57 Å². The number of thiazole rings is 1. The average Bonchev–Trinajstić information content (AvgIpc) is 3.05. The van der Waals surface area contributed by atoms with Gasteiger partial charge in [-0.2, -0.15) is 0 Å². The van der Waals surface area contributed by atoms with Crippen molar-refractivity contribution in [3.63, 3.8) is 0 Å². The van der Waals surface area contributed by atoms with Crippen LogP contribution in [0, 0.1) is 13.8 Å². The standard InChI is InChI=1S/C17H18N4O2S/c1-4-21-13-6-5-10(2)7-12(13)16(17(21)23)20-19-14(22)8-15-18-11(3)9-24-15/h5-7,9,23H,4,8H2,1-3H3. The fourth-order valence-electron chi connectivity index (χ4n) is 2.61. The van der Waals surface area contributed by atoms with Crippen LogP contribution in [0.4, 0.5) is 5.69 Å². The molecule has 0 aliphatic carbocycles. The smallest absolute Gasteiger partial charge is 0.271 e. The third kappa shape index (κ3) is 3.07. The van der Waals surface area contributed by atoms with Crippen molar-refractivity contribution in [2.45, 2.75) is 33.7 Å². The zero-order chi connectivity index (χ0) is 17.3. The van der Waals surface area contributed by atoms with Crippen LogP contribution in [0.15, 0.2) is 33.8 Å². The van der Waals surface area contributed by atoms with Gasteiger partial charge in [0.15, 0.2) is 5.69 Å². The van der Waals surface area contributed by atoms with Crippen molar-refractivity contribution in [3.8, 4) is 5.88 Å². The molecule has 0 spiro atoms. The molecule has 0 aliphatic rings. The summed E-state index contributed by atoms with van der Waals surface area (Å²) in [6, 6.07) is 5.85. The van der Waals surface area contributed by atoms with Crippen molar-refractivity contribution < 1.29 is 9.90 Å². The van der Waals surface area contributed by atoms with Crippen molar-refractivity contribution in [2.75, 3.05) is 0 Å². The Hall–Kier alpha value is -2.54. The molecule has 0 radical (unpaired) electrons. The lowest BCUT2D eigenvalue weighted by atomic mass is 10.1. The molecule has 0 unspecified atom stereocenters. The number of aromatic hydroxyl groups is 1. The first-order valence-corrected chi connectivity index (χ1v) is 8.55. The SMILES string of the molecule is CCn1c(O)c(N=NC(=O)Cc2nc(C)cs2)c2cc(C)ccc21. The number of rotatable bonds is 4. The van der Waals surface area contributed by atoms with Gasteiger partial charge >= 0.3 is 0 Å². The monoisotopic (exact) mass is 342 g/mol. The van der Waals surface area contributed by atoms with Crippen molar-refractivity contribution in [1.82, 2.24) is 9.55 Å². The minimum Gasteiger partial charge on any atom is -0.493 e. The van der Waals surface area contributed by atoms with Gasteiger partial charge in [-0.05, 0) is 32.9 Å². The molecule has 1 amide bonds. The molecular weight excluding hydrogens is 324 g/mol. The number of hydrogen-bond donors (Lipinski definition) is 1. The molecular formula is C17H18N4O2S. The second kappa shape index (κ2) is 6.52. The lowest BCUT2D eigenvalue weighted by Crippen LogP contribution is -1.97. The molecule has 7 heteroatoms. The number of carbonyl (C=O) groups is 1. The highest BCUT2D eigenvalue weighted by Crippen LogP contribution is 2.39. The van der Waals surface area contributed by atoms with Crippen LogP contribution in [0.1, 0.15) is 23.2 Å². The van der Waals surface area contributed by atoms with Gasteiger partial charge in [-0.25, -0.2) is 4.98 Å². The third-order valence-electron chi connectivity index (χ3n) is 3.71. The maximum Gasteiger partial charge on any atom is 0.271 e. The Bertz CT molecular complexity index is 940. The molecule has 1 N–H and O–H groups in total. The molecule has 2 heterocycles. The Morgan fingerprint density at radius 2 is 2.17 bits per heavy atom. The summed E-state index contributed by atoms with van der Waals surface area (Å²) in [4.78, 5) is 16.2. The fraction of sp³-hybridized carbons (Fsp3) is 0.294. The van der Waals surface area contributed by atoms with Gasteiger partial charge < -0.3 is 9.67 Å². The largest absolute Gasteiger partial charge is 0.493 e. The second-order valence-corrected chi connectivity index (χ2v) is 6.53. The molecule has 6 nitrogen and oxygen atoms in total. The molecule has 3 aromatic rings. The van der Waals surface area contributed by atoms with Crippen LogP contribution in [-0.2, 0) is 17.8 Å². The minimum absolute atomic E-state index is 0.0275. The van der Waals surface area contributed by atoms with E-state index < -0.39 is 0 Å². The van der Waals surface area contributed by atoms with E-state index in [0.717, 1.165) is 22.2 Å². The molecule has 0 saturated heterocycles. The van der Waals surface area contributed by atoms with Gasteiger partial charge in [0.05, 0.1) is 11.9 Å². The molecule has 0 fully saturated rings. The third-order valence-corrected chi connectivity index (χ3v) is 4.68. The summed E-state index contributed by atoms with van der Waals surface area (Å²) in [5.74, 6) is -0.353. The highest BCUT2D eigenvalue weighted by Gasteiger charge is 2.16. The highest BCUT2D eigenvalue weighted by molar-refractivity contribution is 7.09. The predicted molar refractivity (Wildman–Crippen MR) is 94.1 cm³/mol. The summed E-state index contributed by atoms with van der Waals surface area (Å²) < 4.78 is 1.75. The van der Waals surface area contributed by atoms with Gasteiger partial charge in [0.2, 0.25) is 5.88 Å². The zero-order valence-corrected chi connectivity index (χ0v) is 14.6. The molecule has 0 atom stereocenters. The van der Waals surface area contributed by atoms with E-state index in [2.05, 4.69) is 15.2 Å². The molecule has 124 valence electrons. The number of hydrogen-bond acceptors (Lipinski definition) is 5. The second-order valence-electron chi connectivity index (χ2n) is 5.59. The van der Waals surface area contributed by atoms with Gasteiger partial charge in [-0.1, -0.05) is 11.6 Å². The van der Waals surface area contributed by atoms with E-state index >= 15 is 0 Å². The normalized spacial score (nSPS) is 11.6.